The van der Waals surface area contributed by atoms with Crippen LogP contribution in [0.15, 0.2) is 24.3 Å². The normalized spacial score (nSPS) is 10.2. The fourth-order valence-corrected chi connectivity index (χ4v) is 0.856. The van der Waals surface area contributed by atoms with E-state index >= 15 is 0 Å². The molecule has 0 aliphatic rings. The molecule has 2 nitrogen and oxygen atoms in total. The van der Waals surface area contributed by atoms with Gasteiger partial charge in [-0.3, -0.25) is 4.79 Å². The highest BCUT2D eigenvalue weighted by Crippen LogP contribution is 2.13. The van der Waals surface area contributed by atoms with Crippen molar-refractivity contribution in [2.75, 3.05) is 5.32 Å². The maximum atomic E-state index is 11.8. The highest BCUT2D eigenvalue weighted by Gasteiger charge is 2.14. The number of amides is 1. The molecule has 1 amide bonds. The number of carbonyl (C=O) groups is 1. The predicted molar refractivity (Wildman–Crippen MR) is 46.1 cm³/mol. The first kappa shape index (κ1) is 9.92. The van der Waals surface area contributed by atoms with Crippen molar-refractivity contribution >= 4 is 23.2 Å². The number of carbonyl (C=O) groups excluding carboxylic acids is 1. The van der Waals surface area contributed by atoms with Crippen LogP contribution in [0.4, 0.5) is 14.5 Å². The van der Waals surface area contributed by atoms with Gasteiger partial charge in [-0.15, -0.1) is 0 Å². The summed E-state index contributed by atoms with van der Waals surface area (Å²) in [7, 11) is 0. The van der Waals surface area contributed by atoms with Crippen molar-refractivity contribution < 1.29 is 13.6 Å². The van der Waals surface area contributed by atoms with Crippen LogP contribution in [0.1, 0.15) is 0 Å². The van der Waals surface area contributed by atoms with Gasteiger partial charge in [-0.2, -0.15) is 8.78 Å². The molecular formula is C8H6ClF2NO. The minimum atomic E-state index is -3.00. The highest BCUT2D eigenvalue weighted by molar-refractivity contribution is 6.30. The number of halogens is 3. The van der Waals surface area contributed by atoms with E-state index in [0.29, 0.717) is 10.7 Å². The lowest BCUT2D eigenvalue weighted by atomic mass is 10.3. The van der Waals surface area contributed by atoms with E-state index in [0.717, 1.165) is 0 Å². The molecular weight excluding hydrogens is 200 g/mol. The fraction of sp³-hybridized carbons (Fsp3) is 0.125. The van der Waals surface area contributed by atoms with Gasteiger partial charge in [0.2, 0.25) is 0 Å². The van der Waals surface area contributed by atoms with E-state index < -0.39 is 12.3 Å². The summed E-state index contributed by atoms with van der Waals surface area (Å²) in [4.78, 5) is 10.5. The van der Waals surface area contributed by atoms with Crippen molar-refractivity contribution in [1.82, 2.24) is 0 Å². The van der Waals surface area contributed by atoms with Crippen LogP contribution in [0.25, 0.3) is 0 Å². The Morgan fingerprint density at radius 1 is 1.31 bits per heavy atom. The maximum Gasteiger partial charge on any atom is 0.315 e. The number of alkyl halides is 2. The monoisotopic (exact) mass is 205 g/mol. The van der Waals surface area contributed by atoms with Crippen molar-refractivity contribution in [3.63, 3.8) is 0 Å². The maximum absolute atomic E-state index is 11.8. The lowest BCUT2D eigenvalue weighted by Crippen LogP contribution is -2.19. The second-order valence-corrected chi connectivity index (χ2v) is 2.73. The second kappa shape index (κ2) is 4.18. The highest BCUT2D eigenvalue weighted by atomic mass is 35.5. The average molecular weight is 206 g/mol. The van der Waals surface area contributed by atoms with Gasteiger partial charge in [0.1, 0.15) is 0 Å². The Hall–Kier alpha value is -1.16. The molecule has 0 aromatic heterocycles. The Kier molecular flexibility index (Phi) is 3.19. The predicted octanol–water partition coefficient (Wildman–Crippen LogP) is 2.54. The number of hydrogen-bond donors (Lipinski definition) is 1. The van der Waals surface area contributed by atoms with Crippen LogP contribution >= 0.6 is 11.6 Å². The first-order valence-corrected chi connectivity index (χ1v) is 3.82. The first-order valence-electron chi connectivity index (χ1n) is 3.44. The smallest absolute Gasteiger partial charge is 0.315 e. The molecule has 70 valence electrons. The zero-order valence-electron chi connectivity index (χ0n) is 6.43. The summed E-state index contributed by atoms with van der Waals surface area (Å²) in [6.07, 6.45) is -3.00. The van der Waals surface area contributed by atoms with E-state index in [4.69, 9.17) is 11.6 Å². The van der Waals surface area contributed by atoms with Gasteiger partial charge >= 0.3 is 6.43 Å². The molecule has 1 aromatic rings. The zero-order chi connectivity index (χ0) is 9.84. The zero-order valence-corrected chi connectivity index (χ0v) is 7.18. The Morgan fingerprint density at radius 2 is 1.85 bits per heavy atom. The van der Waals surface area contributed by atoms with E-state index in [1.807, 2.05) is 5.32 Å². The minimum Gasteiger partial charge on any atom is -0.321 e. The summed E-state index contributed by atoms with van der Waals surface area (Å²) >= 11 is 5.55. The number of anilines is 1. The second-order valence-electron chi connectivity index (χ2n) is 2.30. The molecule has 0 heterocycles. The lowest BCUT2D eigenvalue weighted by Gasteiger charge is -2.03. The molecule has 0 atom stereocenters. The Morgan fingerprint density at radius 3 is 2.31 bits per heavy atom. The molecule has 0 aliphatic heterocycles. The van der Waals surface area contributed by atoms with E-state index in [2.05, 4.69) is 0 Å². The van der Waals surface area contributed by atoms with Crippen LogP contribution in [0, 0.1) is 0 Å². The summed E-state index contributed by atoms with van der Waals surface area (Å²) in [6, 6.07) is 5.90. The van der Waals surface area contributed by atoms with Crippen molar-refractivity contribution in [3.05, 3.63) is 29.3 Å². The van der Waals surface area contributed by atoms with Crippen molar-refractivity contribution in [2.45, 2.75) is 6.43 Å². The van der Waals surface area contributed by atoms with E-state index in [-0.39, 0.29) is 0 Å². The van der Waals surface area contributed by atoms with Gasteiger partial charge in [-0.05, 0) is 24.3 Å². The number of nitrogens with one attached hydrogen (secondary N) is 1. The molecule has 1 N–H and O–H groups in total. The Bertz CT molecular complexity index is 300. The number of rotatable bonds is 2. The molecule has 0 bridgehead atoms. The SMILES string of the molecule is O=C(Nc1ccc(Cl)cc1)C(F)F. The summed E-state index contributed by atoms with van der Waals surface area (Å²) in [5, 5.41) is 2.50. The van der Waals surface area contributed by atoms with Crippen LogP contribution in [0.2, 0.25) is 5.02 Å². The van der Waals surface area contributed by atoms with Gasteiger partial charge in [0, 0.05) is 10.7 Å². The van der Waals surface area contributed by atoms with Gasteiger partial charge in [-0.25, -0.2) is 0 Å². The van der Waals surface area contributed by atoms with Crippen LogP contribution in [0.3, 0.4) is 0 Å². The average Bonchev–Trinajstić information content (AvgIpc) is 2.08. The molecule has 0 aliphatic carbocycles. The molecule has 13 heavy (non-hydrogen) atoms. The quantitative estimate of drug-likeness (QED) is 0.790. The molecule has 0 saturated heterocycles. The molecule has 0 radical (unpaired) electrons. The third-order valence-corrected chi connectivity index (χ3v) is 1.56. The van der Waals surface area contributed by atoms with Gasteiger partial charge in [0.05, 0.1) is 0 Å². The lowest BCUT2D eigenvalue weighted by molar-refractivity contribution is -0.126. The molecule has 0 unspecified atom stereocenters. The summed E-state index contributed by atoms with van der Waals surface area (Å²) in [5.74, 6) is -1.32. The van der Waals surface area contributed by atoms with Gasteiger partial charge in [-0.1, -0.05) is 11.6 Å². The molecule has 0 spiro atoms. The van der Waals surface area contributed by atoms with Crippen molar-refractivity contribution in [2.24, 2.45) is 0 Å². The summed E-state index contributed by atoms with van der Waals surface area (Å²) in [5.41, 5.74) is 0.301. The third-order valence-electron chi connectivity index (χ3n) is 1.31. The molecule has 5 heteroatoms. The Balaban J connectivity index is 2.65. The largest absolute Gasteiger partial charge is 0.321 e. The Labute approximate surface area is 78.5 Å². The van der Waals surface area contributed by atoms with Crippen LogP contribution in [0.5, 0.6) is 0 Å². The fourth-order valence-electron chi connectivity index (χ4n) is 0.730. The van der Waals surface area contributed by atoms with Crippen LogP contribution in [-0.2, 0) is 4.79 Å². The van der Waals surface area contributed by atoms with E-state index in [9.17, 15) is 13.6 Å². The van der Waals surface area contributed by atoms with Crippen molar-refractivity contribution in [1.29, 1.82) is 0 Å². The first-order chi connectivity index (χ1) is 6.09. The van der Waals surface area contributed by atoms with E-state index in [1.165, 1.54) is 24.3 Å². The number of hydrogen-bond acceptors (Lipinski definition) is 1. The minimum absolute atomic E-state index is 0.301. The van der Waals surface area contributed by atoms with Crippen molar-refractivity contribution in [3.8, 4) is 0 Å². The number of benzene rings is 1. The van der Waals surface area contributed by atoms with Crippen LogP contribution < -0.4 is 5.32 Å². The summed E-state index contributed by atoms with van der Waals surface area (Å²) < 4.78 is 23.5. The molecule has 0 saturated carbocycles. The molecule has 1 rings (SSSR count). The van der Waals surface area contributed by atoms with Gasteiger partial charge in [0.15, 0.2) is 0 Å². The van der Waals surface area contributed by atoms with Gasteiger partial charge in [0.25, 0.3) is 5.91 Å². The molecule has 1 aromatic carbocycles. The van der Waals surface area contributed by atoms with E-state index in [1.54, 1.807) is 0 Å². The van der Waals surface area contributed by atoms with Crippen LogP contribution in [-0.4, -0.2) is 12.3 Å². The standard InChI is InChI=1S/C8H6ClF2NO/c9-5-1-3-6(4-2-5)12-8(13)7(10)11/h1-4,7H,(H,12,13). The topological polar surface area (TPSA) is 29.1 Å². The summed E-state index contributed by atoms with van der Waals surface area (Å²) in [6.45, 7) is 0. The van der Waals surface area contributed by atoms with Gasteiger partial charge < -0.3 is 5.32 Å². The molecule has 0 fully saturated rings. The third kappa shape index (κ3) is 2.99.